The van der Waals surface area contributed by atoms with Crippen molar-refractivity contribution < 1.29 is 9.90 Å². The first-order chi connectivity index (χ1) is 14.7. The Bertz CT molecular complexity index is 934. The van der Waals surface area contributed by atoms with E-state index >= 15 is 0 Å². The number of rotatable bonds is 3. The van der Waals surface area contributed by atoms with Crippen LogP contribution in [-0.4, -0.2) is 41.6 Å². The molecule has 30 heavy (non-hydrogen) atoms. The van der Waals surface area contributed by atoms with Crippen LogP contribution in [0.3, 0.4) is 0 Å². The SMILES string of the molecule is CC.CC.O=C(c1cccc2ccccc12)N1CCNC(Cc2ccccc2O)C1. The third-order valence-electron chi connectivity index (χ3n) is 5.02. The van der Waals surface area contributed by atoms with Crippen LogP contribution in [0.15, 0.2) is 66.7 Å². The average molecular weight is 407 g/mol. The number of hydrogen-bond acceptors (Lipinski definition) is 3. The van der Waals surface area contributed by atoms with Crippen LogP contribution in [0.2, 0.25) is 0 Å². The smallest absolute Gasteiger partial charge is 0.254 e. The van der Waals surface area contributed by atoms with Gasteiger partial charge in [0.15, 0.2) is 0 Å². The van der Waals surface area contributed by atoms with Crippen molar-refractivity contribution in [3.8, 4) is 5.75 Å². The van der Waals surface area contributed by atoms with Crippen molar-refractivity contribution in [3.05, 3.63) is 77.9 Å². The minimum Gasteiger partial charge on any atom is -0.508 e. The summed E-state index contributed by atoms with van der Waals surface area (Å²) in [5.74, 6) is 0.386. The Morgan fingerprint density at radius 2 is 1.63 bits per heavy atom. The summed E-state index contributed by atoms with van der Waals surface area (Å²) in [6.07, 6.45) is 0.700. The van der Waals surface area contributed by atoms with Gasteiger partial charge in [0.25, 0.3) is 5.91 Å². The first-order valence-corrected chi connectivity index (χ1v) is 11.0. The molecule has 1 aliphatic heterocycles. The van der Waals surface area contributed by atoms with Crippen molar-refractivity contribution in [3.63, 3.8) is 0 Å². The van der Waals surface area contributed by atoms with E-state index in [9.17, 15) is 9.90 Å². The zero-order valence-electron chi connectivity index (χ0n) is 18.6. The van der Waals surface area contributed by atoms with Crippen LogP contribution in [-0.2, 0) is 6.42 Å². The van der Waals surface area contributed by atoms with Crippen molar-refractivity contribution in [2.45, 2.75) is 40.2 Å². The number of carbonyl (C=O) groups is 1. The predicted octanol–water partition coefficient (Wildman–Crippen LogP) is 5.25. The molecule has 4 heteroatoms. The minimum absolute atomic E-state index is 0.0746. The lowest BCUT2D eigenvalue weighted by Gasteiger charge is -2.34. The van der Waals surface area contributed by atoms with Gasteiger partial charge in [-0.3, -0.25) is 4.79 Å². The monoisotopic (exact) mass is 406 g/mol. The highest BCUT2D eigenvalue weighted by molar-refractivity contribution is 6.07. The summed E-state index contributed by atoms with van der Waals surface area (Å²) in [6.45, 7) is 10.1. The van der Waals surface area contributed by atoms with E-state index in [2.05, 4.69) is 5.32 Å². The van der Waals surface area contributed by atoms with E-state index in [4.69, 9.17) is 0 Å². The van der Waals surface area contributed by atoms with Crippen molar-refractivity contribution in [2.24, 2.45) is 0 Å². The molecule has 1 heterocycles. The Morgan fingerprint density at radius 3 is 2.40 bits per heavy atom. The number of hydrogen-bond donors (Lipinski definition) is 2. The normalized spacial score (nSPS) is 15.5. The molecule has 0 aliphatic carbocycles. The summed E-state index contributed by atoms with van der Waals surface area (Å²) >= 11 is 0. The summed E-state index contributed by atoms with van der Waals surface area (Å²) in [5, 5.41) is 15.5. The van der Waals surface area contributed by atoms with E-state index in [1.54, 1.807) is 6.07 Å². The lowest BCUT2D eigenvalue weighted by molar-refractivity contribution is 0.0705. The summed E-state index contributed by atoms with van der Waals surface area (Å²) in [6, 6.07) is 21.4. The van der Waals surface area contributed by atoms with E-state index in [1.807, 2.05) is 93.3 Å². The Balaban J connectivity index is 0.000000757. The number of para-hydroxylation sites is 1. The molecule has 1 atom stereocenters. The Kier molecular flexibility index (Phi) is 9.36. The molecule has 4 nitrogen and oxygen atoms in total. The number of phenolic OH excluding ortho intramolecular Hbond substituents is 1. The third-order valence-corrected chi connectivity index (χ3v) is 5.02. The van der Waals surface area contributed by atoms with Gasteiger partial charge >= 0.3 is 0 Å². The Hall–Kier alpha value is -2.85. The van der Waals surface area contributed by atoms with E-state index < -0.39 is 0 Å². The third kappa shape index (κ3) is 5.61. The predicted molar refractivity (Wildman–Crippen MR) is 126 cm³/mol. The molecule has 4 rings (SSSR count). The summed E-state index contributed by atoms with van der Waals surface area (Å²) in [5.41, 5.74) is 1.66. The van der Waals surface area contributed by atoms with Gasteiger partial charge in [0, 0.05) is 31.2 Å². The van der Waals surface area contributed by atoms with E-state index in [-0.39, 0.29) is 11.9 Å². The number of benzene rings is 3. The highest BCUT2D eigenvalue weighted by atomic mass is 16.3. The molecular weight excluding hydrogens is 372 g/mol. The van der Waals surface area contributed by atoms with Gasteiger partial charge in [-0.25, -0.2) is 0 Å². The number of piperazine rings is 1. The van der Waals surface area contributed by atoms with Gasteiger partial charge in [-0.2, -0.15) is 0 Å². The molecule has 160 valence electrons. The molecular formula is C26H34N2O2. The number of fused-ring (bicyclic) bond motifs is 1. The van der Waals surface area contributed by atoms with Crippen LogP contribution >= 0.6 is 0 Å². The highest BCUT2D eigenvalue weighted by Gasteiger charge is 2.25. The molecule has 0 saturated carbocycles. The summed E-state index contributed by atoms with van der Waals surface area (Å²) in [7, 11) is 0. The molecule has 0 bridgehead atoms. The van der Waals surface area contributed by atoms with Crippen molar-refractivity contribution >= 4 is 16.7 Å². The van der Waals surface area contributed by atoms with Crippen LogP contribution in [0.4, 0.5) is 0 Å². The zero-order valence-corrected chi connectivity index (χ0v) is 18.6. The lowest BCUT2D eigenvalue weighted by atomic mass is 10.0. The number of aromatic hydroxyl groups is 1. The van der Waals surface area contributed by atoms with Crippen LogP contribution in [0.5, 0.6) is 5.75 Å². The number of nitrogens with one attached hydrogen (secondary N) is 1. The largest absolute Gasteiger partial charge is 0.508 e. The summed E-state index contributed by atoms with van der Waals surface area (Å²) < 4.78 is 0. The fourth-order valence-electron chi connectivity index (χ4n) is 3.68. The average Bonchev–Trinajstić information content (AvgIpc) is 2.82. The van der Waals surface area contributed by atoms with Crippen LogP contribution in [0.1, 0.15) is 43.6 Å². The molecule has 0 aromatic heterocycles. The first-order valence-electron chi connectivity index (χ1n) is 11.0. The number of phenols is 1. The van der Waals surface area contributed by atoms with Gasteiger partial charge in [0.05, 0.1) is 0 Å². The molecule has 3 aromatic carbocycles. The molecule has 2 N–H and O–H groups in total. The Labute approximate surface area is 180 Å². The van der Waals surface area contributed by atoms with Crippen LogP contribution in [0, 0.1) is 0 Å². The van der Waals surface area contributed by atoms with Gasteiger partial charge in [-0.05, 0) is 34.9 Å². The molecule has 1 unspecified atom stereocenters. The zero-order chi connectivity index (χ0) is 21.9. The van der Waals surface area contributed by atoms with Gasteiger partial charge in [-0.1, -0.05) is 82.3 Å². The quantitative estimate of drug-likeness (QED) is 0.624. The number of nitrogens with zero attached hydrogens (tertiary/aromatic N) is 1. The van der Waals surface area contributed by atoms with Crippen LogP contribution in [0.25, 0.3) is 10.8 Å². The number of amides is 1. The number of carbonyl (C=O) groups excluding carboxylic acids is 1. The van der Waals surface area contributed by atoms with E-state index in [0.717, 1.165) is 28.4 Å². The minimum atomic E-state index is 0.0746. The Morgan fingerprint density at radius 1 is 0.967 bits per heavy atom. The molecule has 3 aromatic rings. The standard InChI is InChI=1S/C22H22N2O2.2C2H6/c25-21-11-4-2-7-17(21)14-18-15-24(13-12-23-18)22(26)20-10-5-8-16-6-1-3-9-19(16)20;2*1-2/h1-11,18,23,25H,12-15H2;2*1-2H3. The second-order valence-corrected chi connectivity index (χ2v) is 6.76. The molecule has 0 spiro atoms. The maximum atomic E-state index is 13.1. The first kappa shape index (κ1) is 23.4. The van der Waals surface area contributed by atoms with Gasteiger partial charge in [0.1, 0.15) is 5.75 Å². The molecule has 1 fully saturated rings. The van der Waals surface area contributed by atoms with Crippen molar-refractivity contribution in [1.82, 2.24) is 10.2 Å². The molecule has 1 saturated heterocycles. The topological polar surface area (TPSA) is 52.6 Å². The van der Waals surface area contributed by atoms with Crippen LogP contribution < -0.4 is 5.32 Å². The maximum absolute atomic E-state index is 13.1. The second-order valence-electron chi connectivity index (χ2n) is 6.76. The lowest BCUT2D eigenvalue weighted by Crippen LogP contribution is -2.53. The van der Waals surface area contributed by atoms with Crippen molar-refractivity contribution in [1.29, 1.82) is 0 Å². The van der Waals surface area contributed by atoms with E-state index in [0.29, 0.717) is 25.3 Å². The summed E-state index contributed by atoms with van der Waals surface area (Å²) in [4.78, 5) is 15.0. The highest BCUT2D eigenvalue weighted by Crippen LogP contribution is 2.22. The maximum Gasteiger partial charge on any atom is 0.254 e. The van der Waals surface area contributed by atoms with E-state index in [1.165, 1.54) is 0 Å². The fourth-order valence-corrected chi connectivity index (χ4v) is 3.68. The molecule has 1 aliphatic rings. The van der Waals surface area contributed by atoms with Gasteiger partial charge < -0.3 is 15.3 Å². The van der Waals surface area contributed by atoms with Gasteiger partial charge in [-0.15, -0.1) is 0 Å². The molecule has 0 radical (unpaired) electrons. The van der Waals surface area contributed by atoms with Gasteiger partial charge in [0.2, 0.25) is 0 Å². The fraction of sp³-hybridized carbons (Fsp3) is 0.346. The second kappa shape index (κ2) is 12.0. The molecule has 1 amide bonds. The van der Waals surface area contributed by atoms with Crippen molar-refractivity contribution in [2.75, 3.05) is 19.6 Å².